The van der Waals surface area contributed by atoms with Crippen LogP contribution in [-0.4, -0.2) is 61.9 Å². The first kappa shape index (κ1) is 32.8. The number of carbonyl (C=O) groups is 3. The smallest absolute Gasteiger partial charge is 0.264 e. The van der Waals surface area contributed by atoms with Crippen molar-refractivity contribution >= 4 is 43.2 Å². The van der Waals surface area contributed by atoms with Crippen LogP contribution in [0.3, 0.4) is 0 Å². The number of anilines is 3. The zero-order chi connectivity index (χ0) is 33.5. The molecule has 3 amide bonds. The number of halogens is 1. The number of benzene rings is 3. The second kappa shape index (κ2) is 12.8. The van der Waals surface area contributed by atoms with E-state index in [1.807, 2.05) is 79.7 Å². The number of hydrogen-bond acceptors (Lipinski definition) is 5. The minimum Gasteiger partial charge on any atom is -0.395 e. The summed E-state index contributed by atoms with van der Waals surface area (Å²) < 4.78 is 23.2. The second-order valence-corrected chi connectivity index (χ2v) is 17.1. The molecule has 3 aromatic carbocycles. The fourth-order valence-corrected chi connectivity index (χ4v) is 10.4. The van der Waals surface area contributed by atoms with Crippen LogP contribution in [0.4, 0.5) is 21.2 Å². The fraction of sp³-hybridized carbons (Fsp3) is 0.378. The third-order valence-corrected chi connectivity index (χ3v) is 12.4. The van der Waals surface area contributed by atoms with Crippen molar-refractivity contribution in [3.05, 3.63) is 102 Å². The molecule has 4 atom stereocenters. The van der Waals surface area contributed by atoms with Gasteiger partial charge in [0.15, 0.2) is 5.60 Å². The number of hydrogen-bond donors (Lipinski definition) is 1. The number of amides is 3. The van der Waals surface area contributed by atoms with Crippen molar-refractivity contribution in [3.63, 3.8) is 0 Å². The topological polar surface area (TPSA) is 90.4 Å². The molecule has 1 saturated heterocycles. The lowest BCUT2D eigenvalue weighted by Gasteiger charge is -2.32. The molecule has 0 bridgehead atoms. The molecule has 3 aliphatic heterocycles. The molecule has 1 N–H and O–H groups in total. The van der Waals surface area contributed by atoms with Crippen LogP contribution < -0.4 is 9.80 Å². The van der Waals surface area contributed by atoms with Crippen LogP contribution in [0.1, 0.15) is 36.5 Å². The lowest BCUT2D eigenvalue weighted by molar-refractivity contribution is -0.149. The molecular weight excluding hydrogens is 614 g/mol. The summed E-state index contributed by atoms with van der Waals surface area (Å²) in [6.45, 7) is 9.33. The van der Waals surface area contributed by atoms with Gasteiger partial charge in [-0.2, -0.15) is 0 Å². The summed E-state index contributed by atoms with van der Waals surface area (Å²) in [7, 11) is -3.53. The highest BCUT2D eigenvalue weighted by Gasteiger charge is 2.67. The van der Waals surface area contributed by atoms with Crippen molar-refractivity contribution in [2.75, 3.05) is 29.5 Å². The van der Waals surface area contributed by atoms with E-state index in [0.717, 1.165) is 16.8 Å². The first-order chi connectivity index (χ1) is 22.5. The maximum Gasteiger partial charge on any atom is 0.264 e. The Morgan fingerprint density at radius 3 is 2.51 bits per heavy atom. The van der Waals surface area contributed by atoms with Crippen LogP contribution in [0.5, 0.6) is 0 Å². The summed E-state index contributed by atoms with van der Waals surface area (Å²) in [4.78, 5) is 46.6. The van der Waals surface area contributed by atoms with Crippen molar-refractivity contribution in [1.82, 2.24) is 4.90 Å². The van der Waals surface area contributed by atoms with E-state index in [-0.39, 0.29) is 43.8 Å². The molecule has 0 unspecified atom stereocenters. The quantitative estimate of drug-likeness (QED) is 0.164. The molecule has 0 aliphatic carbocycles. The lowest BCUT2D eigenvalue weighted by atomic mass is 9.82. The molecule has 1 spiro atoms. The first-order valence-corrected chi connectivity index (χ1v) is 19.2. The average Bonchev–Trinajstić information content (AvgIpc) is 3.47. The number of fused-ring (bicyclic) bond motifs is 3. The van der Waals surface area contributed by atoms with Crippen molar-refractivity contribution in [2.45, 2.75) is 63.1 Å². The van der Waals surface area contributed by atoms with E-state index in [1.165, 1.54) is 0 Å². The minimum atomic E-state index is -3.53. The van der Waals surface area contributed by atoms with Crippen LogP contribution in [0.15, 0.2) is 85.5 Å². The predicted octanol–water partition coefficient (Wildman–Crippen LogP) is 6.02. The van der Waals surface area contributed by atoms with Crippen molar-refractivity contribution < 1.29 is 28.3 Å². The Balaban J connectivity index is 1.41. The molecule has 3 heterocycles. The highest BCUT2D eigenvalue weighted by molar-refractivity contribution is 6.72. The SMILES string of the molecule is C=CCN1C(=O)[C@]2(O[C@H](CC(=O)N(CCO)Cc3ccccc3)[C@@H]([Si](C)(C)F)[C@@H]2C)c2cc(N3C(=O)CCc4ccccc43)ccc21. The van der Waals surface area contributed by atoms with Gasteiger partial charge in [-0.15, -0.1) is 6.58 Å². The summed E-state index contributed by atoms with van der Waals surface area (Å²) in [6.07, 6.45) is 1.64. The molecule has 0 aromatic heterocycles. The van der Waals surface area contributed by atoms with Crippen LogP contribution in [0.2, 0.25) is 18.6 Å². The molecule has 6 rings (SSSR count). The number of ether oxygens (including phenoxy) is 1. The van der Waals surface area contributed by atoms with Gasteiger partial charge in [-0.25, -0.2) is 0 Å². The maximum atomic E-state index is 16.4. The van der Waals surface area contributed by atoms with Gasteiger partial charge in [0.1, 0.15) is 0 Å². The first-order valence-electron chi connectivity index (χ1n) is 16.3. The van der Waals surface area contributed by atoms with Gasteiger partial charge in [0.05, 0.1) is 30.5 Å². The van der Waals surface area contributed by atoms with Gasteiger partial charge in [0.2, 0.25) is 20.2 Å². The van der Waals surface area contributed by atoms with Crippen LogP contribution in [0, 0.1) is 5.92 Å². The van der Waals surface area contributed by atoms with Crippen molar-refractivity contribution in [2.24, 2.45) is 5.92 Å². The van der Waals surface area contributed by atoms with Crippen LogP contribution in [-0.2, 0) is 37.7 Å². The highest BCUT2D eigenvalue weighted by atomic mass is 28.4. The fourth-order valence-electron chi connectivity index (χ4n) is 7.91. The largest absolute Gasteiger partial charge is 0.395 e. The normalized spacial score (nSPS) is 23.6. The second-order valence-electron chi connectivity index (χ2n) is 13.3. The van der Waals surface area contributed by atoms with E-state index < -0.39 is 31.6 Å². The Kier molecular flexibility index (Phi) is 8.95. The molecule has 10 heteroatoms. The summed E-state index contributed by atoms with van der Waals surface area (Å²) in [5, 5.41) is 9.79. The van der Waals surface area contributed by atoms with Gasteiger partial charge < -0.3 is 23.8 Å². The minimum absolute atomic E-state index is 0.0496. The Hall–Kier alpha value is -4.12. The predicted molar refractivity (Wildman–Crippen MR) is 183 cm³/mol. The van der Waals surface area contributed by atoms with E-state index in [4.69, 9.17) is 4.74 Å². The molecule has 246 valence electrons. The van der Waals surface area contributed by atoms with Crippen molar-refractivity contribution in [3.8, 4) is 0 Å². The molecular formula is C37H42FN3O5Si. The van der Waals surface area contributed by atoms with Gasteiger partial charge >= 0.3 is 0 Å². The van der Waals surface area contributed by atoms with Crippen LogP contribution >= 0.6 is 0 Å². The lowest BCUT2D eigenvalue weighted by Crippen LogP contribution is -2.45. The van der Waals surface area contributed by atoms with Gasteiger partial charge in [-0.1, -0.05) is 61.5 Å². The summed E-state index contributed by atoms with van der Waals surface area (Å²) in [6, 6.07) is 22.8. The van der Waals surface area contributed by atoms with E-state index in [2.05, 4.69) is 6.58 Å². The van der Waals surface area contributed by atoms with Crippen LogP contribution in [0.25, 0.3) is 0 Å². The molecule has 3 aliphatic rings. The number of aryl methyl sites for hydroxylation is 1. The number of carbonyl (C=O) groups excluding carboxylic acids is 3. The van der Waals surface area contributed by atoms with Gasteiger partial charge in [0, 0.05) is 48.8 Å². The molecule has 0 radical (unpaired) electrons. The van der Waals surface area contributed by atoms with E-state index >= 15 is 4.11 Å². The molecule has 1 fully saturated rings. The standard InChI is InChI=1S/C37H42FN3O5Si/c1-5-19-40-31-17-16-28(41-30-14-10-9-13-27(30)15-18-33(41)43)22-29(31)37(36(40)45)25(2)35(47(3,4)38)32(46-37)23-34(44)39(20-21-42)24-26-11-7-6-8-12-26/h5-14,16-17,22,25,32,35,42H,1,15,18-21,23-24H2,2-4H3/t25-,32+,35-,37+/m0/s1. The number of rotatable bonds is 10. The zero-order valence-electron chi connectivity index (χ0n) is 27.2. The van der Waals surface area contributed by atoms with Gasteiger partial charge in [-0.3, -0.25) is 19.3 Å². The summed E-state index contributed by atoms with van der Waals surface area (Å²) in [5.74, 6) is -1.25. The molecule has 47 heavy (non-hydrogen) atoms. The van der Waals surface area contributed by atoms with Gasteiger partial charge in [-0.05, 0) is 54.9 Å². The zero-order valence-corrected chi connectivity index (χ0v) is 28.2. The number of aliphatic hydroxyl groups is 1. The van der Waals surface area contributed by atoms with E-state index in [0.29, 0.717) is 36.3 Å². The van der Waals surface area contributed by atoms with Crippen molar-refractivity contribution in [1.29, 1.82) is 0 Å². The molecule has 0 saturated carbocycles. The third-order valence-electron chi connectivity index (χ3n) is 9.92. The molecule has 8 nitrogen and oxygen atoms in total. The monoisotopic (exact) mass is 655 g/mol. The Morgan fingerprint density at radius 1 is 1.09 bits per heavy atom. The number of aliphatic hydroxyl groups excluding tert-OH is 1. The van der Waals surface area contributed by atoms with E-state index in [9.17, 15) is 19.5 Å². The molecule has 3 aromatic rings. The summed E-state index contributed by atoms with van der Waals surface area (Å²) >= 11 is 0. The summed E-state index contributed by atoms with van der Waals surface area (Å²) in [5.41, 5.74) is 2.33. The highest BCUT2D eigenvalue weighted by Crippen LogP contribution is 2.60. The number of nitrogens with zero attached hydrogens (tertiary/aromatic N) is 3. The number of para-hydroxylation sites is 1. The van der Waals surface area contributed by atoms with Gasteiger partial charge in [0.25, 0.3) is 5.91 Å². The maximum absolute atomic E-state index is 16.4. The Bertz CT molecular complexity index is 1690. The Morgan fingerprint density at radius 2 is 1.81 bits per heavy atom. The third kappa shape index (κ3) is 5.72. The van der Waals surface area contributed by atoms with E-state index in [1.54, 1.807) is 33.9 Å². The Labute approximate surface area is 276 Å². The average molecular weight is 656 g/mol.